The normalized spacial score (nSPS) is 13.9. The summed E-state index contributed by atoms with van der Waals surface area (Å²) in [5, 5.41) is 0.565. The second-order valence-corrected chi connectivity index (χ2v) is 5.92. The van der Waals surface area contributed by atoms with Crippen molar-refractivity contribution in [3.8, 4) is 0 Å². The van der Waals surface area contributed by atoms with Gasteiger partial charge in [-0.05, 0) is 12.1 Å². The molecule has 0 saturated carbocycles. The molecule has 0 aliphatic carbocycles. The van der Waals surface area contributed by atoms with Gasteiger partial charge in [0, 0.05) is 25.8 Å². The Morgan fingerprint density at radius 2 is 2.17 bits per heavy atom. The van der Waals surface area contributed by atoms with Gasteiger partial charge in [-0.15, -0.1) is 0 Å². The van der Waals surface area contributed by atoms with Crippen molar-refractivity contribution < 1.29 is 4.79 Å². The first-order chi connectivity index (χ1) is 11.7. The lowest BCUT2D eigenvalue weighted by Crippen LogP contribution is -2.36. The van der Waals surface area contributed by atoms with Crippen LogP contribution in [0.1, 0.15) is 23.6 Å². The highest BCUT2D eigenvalue weighted by molar-refractivity contribution is 5.78. The number of aryl methyl sites for hydroxylation is 1. The number of hydrogen-bond acceptors (Lipinski definition) is 4. The second-order valence-electron chi connectivity index (χ2n) is 5.92. The molecule has 7 nitrogen and oxygen atoms in total. The number of imidazole rings is 1. The van der Waals surface area contributed by atoms with Gasteiger partial charge in [-0.1, -0.05) is 12.1 Å². The third-order valence-corrected chi connectivity index (χ3v) is 4.37. The van der Waals surface area contributed by atoms with Crippen molar-refractivity contribution in [2.45, 2.75) is 25.8 Å². The smallest absolute Gasteiger partial charge is 0.258 e. The molecule has 3 aromatic rings. The van der Waals surface area contributed by atoms with Crippen molar-refractivity contribution in [1.82, 2.24) is 24.8 Å². The first-order valence-corrected chi connectivity index (χ1v) is 7.97. The van der Waals surface area contributed by atoms with E-state index in [1.807, 2.05) is 17.0 Å². The Balaban J connectivity index is 1.45. The first-order valence-electron chi connectivity index (χ1n) is 7.97. The van der Waals surface area contributed by atoms with E-state index in [9.17, 15) is 9.59 Å². The molecule has 0 saturated heterocycles. The minimum Gasteiger partial charge on any atom is -0.347 e. The standard InChI is InChI=1S/C17H17N5O2/c23-16(22-8-7-13-14(9-22)19-10-18-13)6-5-15-20-12-4-2-1-3-11(12)17(24)21-15/h1-4,10H,5-9H2,(H,18,19)(H,20,21,24). The lowest BCUT2D eigenvalue weighted by atomic mass is 10.1. The zero-order valence-corrected chi connectivity index (χ0v) is 13.1. The van der Waals surface area contributed by atoms with Gasteiger partial charge in [0.2, 0.25) is 5.91 Å². The molecule has 1 aliphatic heterocycles. The summed E-state index contributed by atoms with van der Waals surface area (Å²) in [7, 11) is 0. The Labute approximate surface area is 137 Å². The van der Waals surface area contributed by atoms with Crippen LogP contribution in [-0.2, 0) is 24.2 Å². The van der Waals surface area contributed by atoms with Crippen molar-refractivity contribution in [2.75, 3.05) is 6.54 Å². The average Bonchev–Trinajstić information content (AvgIpc) is 3.07. The van der Waals surface area contributed by atoms with Gasteiger partial charge in [0.1, 0.15) is 5.82 Å². The number of nitrogens with one attached hydrogen (secondary N) is 2. The topological polar surface area (TPSA) is 94.7 Å². The molecule has 2 aromatic heterocycles. The summed E-state index contributed by atoms with van der Waals surface area (Å²) in [4.78, 5) is 40.8. The van der Waals surface area contributed by atoms with Crippen LogP contribution < -0.4 is 5.56 Å². The van der Waals surface area contributed by atoms with E-state index in [4.69, 9.17) is 0 Å². The van der Waals surface area contributed by atoms with E-state index in [1.54, 1.807) is 18.5 Å². The van der Waals surface area contributed by atoms with E-state index in [1.165, 1.54) is 0 Å². The molecule has 0 bridgehead atoms. The number of amides is 1. The summed E-state index contributed by atoms with van der Waals surface area (Å²) in [5.41, 5.74) is 2.54. The molecule has 2 N–H and O–H groups in total. The maximum absolute atomic E-state index is 12.4. The third-order valence-electron chi connectivity index (χ3n) is 4.37. The van der Waals surface area contributed by atoms with Crippen molar-refractivity contribution >= 4 is 16.8 Å². The summed E-state index contributed by atoms with van der Waals surface area (Å²) >= 11 is 0. The van der Waals surface area contributed by atoms with Gasteiger partial charge in [0.25, 0.3) is 5.56 Å². The van der Waals surface area contributed by atoms with E-state index in [-0.39, 0.29) is 11.5 Å². The summed E-state index contributed by atoms with van der Waals surface area (Å²) in [6.45, 7) is 1.24. The fraction of sp³-hybridized carbons (Fsp3) is 0.294. The van der Waals surface area contributed by atoms with Crippen molar-refractivity contribution in [2.24, 2.45) is 0 Å². The maximum Gasteiger partial charge on any atom is 0.258 e. The molecule has 4 rings (SSSR count). The molecule has 1 amide bonds. The van der Waals surface area contributed by atoms with E-state index in [0.29, 0.717) is 42.7 Å². The van der Waals surface area contributed by atoms with Gasteiger partial charge in [0.15, 0.2) is 0 Å². The quantitative estimate of drug-likeness (QED) is 0.756. The SMILES string of the molecule is O=C(CCc1nc2ccccc2c(=O)[nH]1)N1CCc2nc[nH]c2C1. The molecule has 24 heavy (non-hydrogen) atoms. The van der Waals surface area contributed by atoms with Crippen LogP contribution in [0, 0.1) is 0 Å². The van der Waals surface area contributed by atoms with Crippen LogP contribution in [0.2, 0.25) is 0 Å². The van der Waals surface area contributed by atoms with Crippen molar-refractivity contribution in [3.63, 3.8) is 0 Å². The lowest BCUT2D eigenvalue weighted by molar-refractivity contribution is -0.132. The van der Waals surface area contributed by atoms with E-state index < -0.39 is 0 Å². The predicted molar refractivity (Wildman–Crippen MR) is 88.4 cm³/mol. The first kappa shape index (κ1) is 14.6. The Bertz CT molecular complexity index is 959. The summed E-state index contributed by atoms with van der Waals surface area (Å²) in [6, 6.07) is 7.20. The molecule has 0 atom stereocenters. The van der Waals surface area contributed by atoms with Gasteiger partial charge < -0.3 is 14.9 Å². The van der Waals surface area contributed by atoms with Crippen LogP contribution >= 0.6 is 0 Å². The number of fused-ring (bicyclic) bond motifs is 2. The van der Waals surface area contributed by atoms with Gasteiger partial charge in [-0.25, -0.2) is 9.97 Å². The molecule has 122 valence electrons. The minimum atomic E-state index is -0.164. The van der Waals surface area contributed by atoms with Crippen LogP contribution in [0.25, 0.3) is 10.9 Å². The van der Waals surface area contributed by atoms with Crippen LogP contribution in [0.3, 0.4) is 0 Å². The Morgan fingerprint density at radius 1 is 1.29 bits per heavy atom. The summed E-state index contributed by atoms with van der Waals surface area (Å²) in [6.07, 6.45) is 3.19. The number of hydrogen-bond donors (Lipinski definition) is 2. The number of para-hydroxylation sites is 1. The van der Waals surface area contributed by atoms with Gasteiger partial charge in [0.05, 0.1) is 35.2 Å². The average molecular weight is 323 g/mol. The minimum absolute atomic E-state index is 0.0612. The van der Waals surface area contributed by atoms with E-state index >= 15 is 0 Å². The second kappa shape index (κ2) is 5.92. The molecule has 1 aliphatic rings. The molecular weight excluding hydrogens is 306 g/mol. The zero-order chi connectivity index (χ0) is 16.5. The van der Waals surface area contributed by atoms with Gasteiger partial charge in [-0.3, -0.25) is 9.59 Å². The molecule has 7 heteroatoms. The lowest BCUT2D eigenvalue weighted by Gasteiger charge is -2.26. The van der Waals surface area contributed by atoms with Crippen LogP contribution in [-0.4, -0.2) is 37.3 Å². The zero-order valence-electron chi connectivity index (χ0n) is 13.1. The van der Waals surface area contributed by atoms with Crippen LogP contribution in [0.15, 0.2) is 35.4 Å². The number of nitrogens with zero attached hydrogens (tertiary/aromatic N) is 3. The summed E-state index contributed by atoms with van der Waals surface area (Å²) < 4.78 is 0. The summed E-state index contributed by atoms with van der Waals surface area (Å²) in [5.74, 6) is 0.609. The number of H-pyrrole nitrogens is 2. The maximum atomic E-state index is 12.4. The number of benzene rings is 1. The monoisotopic (exact) mass is 323 g/mol. The predicted octanol–water partition coefficient (Wildman–Crippen LogP) is 1.16. The van der Waals surface area contributed by atoms with Crippen molar-refractivity contribution in [1.29, 1.82) is 0 Å². The molecule has 1 aromatic carbocycles. The number of aromatic amines is 2. The Kier molecular flexibility index (Phi) is 3.60. The van der Waals surface area contributed by atoms with Crippen LogP contribution in [0.5, 0.6) is 0 Å². The highest BCUT2D eigenvalue weighted by atomic mass is 16.2. The molecule has 0 fully saturated rings. The van der Waals surface area contributed by atoms with E-state index in [2.05, 4.69) is 19.9 Å². The van der Waals surface area contributed by atoms with Crippen molar-refractivity contribution in [3.05, 3.63) is 58.2 Å². The van der Waals surface area contributed by atoms with Gasteiger partial charge >= 0.3 is 0 Å². The number of rotatable bonds is 3. The van der Waals surface area contributed by atoms with E-state index in [0.717, 1.165) is 17.8 Å². The molecule has 0 unspecified atom stereocenters. The number of carbonyl (C=O) groups excluding carboxylic acids is 1. The highest BCUT2D eigenvalue weighted by Crippen LogP contribution is 2.16. The molecule has 0 spiro atoms. The Morgan fingerprint density at radius 3 is 3.08 bits per heavy atom. The largest absolute Gasteiger partial charge is 0.347 e. The Hall–Kier alpha value is -2.96. The van der Waals surface area contributed by atoms with Crippen LogP contribution in [0.4, 0.5) is 0 Å². The van der Waals surface area contributed by atoms with Gasteiger partial charge in [-0.2, -0.15) is 0 Å². The molecular formula is C17H17N5O2. The molecule has 0 radical (unpaired) electrons. The fourth-order valence-corrected chi connectivity index (χ4v) is 3.06. The number of aromatic nitrogens is 4. The number of carbonyl (C=O) groups is 1. The highest BCUT2D eigenvalue weighted by Gasteiger charge is 2.22. The fourth-order valence-electron chi connectivity index (χ4n) is 3.06. The molecule has 3 heterocycles. The third kappa shape index (κ3) is 2.68.